The summed E-state index contributed by atoms with van der Waals surface area (Å²) in [6.45, 7) is 8.69. The first-order chi connectivity index (χ1) is 8.08. The van der Waals surface area contributed by atoms with Crippen LogP contribution < -0.4 is 10.1 Å². The summed E-state index contributed by atoms with van der Waals surface area (Å²) in [7, 11) is 1.98. The summed E-state index contributed by atoms with van der Waals surface area (Å²) in [5.74, 6) is 1.51. The van der Waals surface area contributed by atoms with Gasteiger partial charge in [-0.25, -0.2) is 0 Å². The largest absolute Gasteiger partial charge is 0.489 e. The normalized spacial score (nSPS) is 14.7. The van der Waals surface area contributed by atoms with Crippen molar-refractivity contribution in [3.8, 4) is 5.75 Å². The molecular weight excluding hydrogens is 210 g/mol. The van der Waals surface area contributed by atoms with Crippen LogP contribution in [0.5, 0.6) is 5.75 Å². The average molecular weight is 235 g/mol. The molecule has 1 N–H and O–H groups in total. The molecule has 0 radical (unpaired) electrons. The van der Waals surface area contributed by atoms with Gasteiger partial charge in [-0.15, -0.1) is 0 Å². The minimum absolute atomic E-state index is 0.187. The molecule has 0 heterocycles. The predicted molar refractivity (Wildman–Crippen MR) is 73.8 cm³/mol. The van der Waals surface area contributed by atoms with Gasteiger partial charge in [-0.2, -0.15) is 0 Å². The van der Waals surface area contributed by atoms with Gasteiger partial charge in [0.2, 0.25) is 0 Å². The fraction of sp³-hybridized carbons (Fsp3) is 0.600. The van der Waals surface area contributed by atoms with E-state index in [4.69, 9.17) is 4.74 Å². The van der Waals surface area contributed by atoms with E-state index in [2.05, 4.69) is 51.2 Å². The van der Waals surface area contributed by atoms with Gasteiger partial charge in [-0.05, 0) is 44.0 Å². The number of hydrogen-bond donors (Lipinski definition) is 1. The van der Waals surface area contributed by atoms with Gasteiger partial charge in [0.15, 0.2) is 0 Å². The monoisotopic (exact) mass is 235 g/mol. The van der Waals surface area contributed by atoms with Crippen molar-refractivity contribution < 1.29 is 4.74 Å². The van der Waals surface area contributed by atoms with Gasteiger partial charge in [0.05, 0.1) is 0 Å². The lowest BCUT2D eigenvalue weighted by Gasteiger charge is -2.23. The third-order valence-electron chi connectivity index (χ3n) is 3.22. The third kappa shape index (κ3) is 4.04. The van der Waals surface area contributed by atoms with E-state index in [0.717, 1.165) is 12.2 Å². The number of ether oxygens (including phenoxy) is 1. The number of likely N-dealkylation sites (N-methyl/N-ethyl adjacent to an activating group) is 1. The van der Waals surface area contributed by atoms with Gasteiger partial charge < -0.3 is 10.1 Å². The maximum atomic E-state index is 5.99. The zero-order chi connectivity index (χ0) is 12.8. The lowest BCUT2D eigenvalue weighted by molar-refractivity contribution is 0.171. The molecule has 0 bridgehead atoms. The third-order valence-corrected chi connectivity index (χ3v) is 3.22. The lowest BCUT2D eigenvalue weighted by atomic mass is 10.0. The van der Waals surface area contributed by atoms with Crippen LogP contribution in [0.4, 0.5) is 0 Å². The highest BCUT2D eigenvalue weighted by atomic mass is 16.5. The van der Waals surface area contributed by atoms with Crippen LogP contribution in [0.15, 0.2) is 24.3 Å². The van der Waals surface area contributed by atoms with E-state index in [-0.39, 0.29) is 6.10 Å². The number of nitrogens with one attached hydrogen (secondary N) is 1. The minimum Gasteiger partial charge on any atom is -0.489 e. The predicted octanol–water partition coefficient (Wildman–Crippen LogP) is 3.58. The van der Waals surface area contributed by atoms with Crippen LogP contribution in [0.3, 0.4) is 0 Å². The van der Waals surface area contributed by atoms with Crippen molar-refractivity contribution in [2.45, 2.75) is 52.2 Å². The van der Waals surface area contributed by atoms with Gasteiger partial charge in [-0.1, -0.05) is 32.9 Å². The summed E-state index contributed by atoms with van der Waals surface area (Å²) < 4.78 is 5.99. The van der Waals surface area contributed by atoms with Gasteiger partial charge in [0.25, 0.3) is 0 Å². The van der Waals surface area contributed by atoms with Crippen molar-refractivity contribution in [2.24, 2.45) is 0 Å². The van der Waals surface area contributed by atoms with Gasteiger partial charge in [0.1, 0.15) is 11.9 Å². The lowest BCUT2D eigenvalue weighted by Crippen LogP contribution is -2.38. The highest BCUT2D eigenvalue weighted by molar-refractivity contribution is 5.30. The first kappa shape index (κ1) is 14.0. The summed E-state index contributed by atoms with van der Waals surface area (Å²) in [6.07, 6.45) is 1.26. The molecule has 2 nitrogen and oxygen atoms in total. The second-order valence-electron chi connectivity index (χ2n) is 4.85. The first-order valence-corrected chi connectivity index (χ1v) is 6.52. The Bertz CT molecular complexity index is 331. The molecule has 0 aromatic heterocycles. The first-order valence-electron chi connectivity index (χ1n) is 6.52. The van der Waals surface area contributed by atoms with Gasteiger partial charge >= 0.3 is 0 Å². The molecule has 0 aliphatic carbocycles. The van der Waals surface area contributed by atoms with Crippen molar-refractivity contribution in [1.29, 1.82) is 0 Å². The minimum atomic E-state index is 0.187. The summed E-state index contributed by atoms with van der Waals surface area (Å²) in [4.78, 5) is 0. The Morgan fingerprint density at radius 3 is 2.47 bits per heavy atom. The van der Waals surface area contributed by atoms with E-state index in [1.54, 1.807) is 0 Å². The molecule has 1 aromatic rings. The molecule has 2 atom stereocenters. The molecule has 0 fully saturated rings. The summed E-state index contributed by atoms with van der Waals surface area (Å²) in [6, 6.07) is 8.79. The number of benzene rings is 1. The second kappa shape index (κ2) is 6.65. The van der Waals surface area contributed by atoms with Gasteiger partial charge in [-0.3, -0.25) is 0 Å². The van der Waals surface area contributed by atoms with E-state index in [1.807, 2.05) is 13.1 Å². The second-order valence-corrected chi connectivity index (χ2v) is 4.85. The van der Waals surface area contributed by atoms with E-state index in [0.29, 0.717) is 12.0 Å². The molecular formula is C15H25NO. The van der Waals surface area contributed by atoms with Crippen LogP contribution in [0.1, 0.15) is 45.6 Å². The van der Waals surface area contributed by atoms with Crippen molar-refractivity contribution in [1.82, 2.24) is 5.32 Å². The summed E-state index contributed by atoms with van der Waals surface area (Å²) >= 11 is 0. The smallest absolute Gasteiger partial charge is 0.120 e. The zero-order valence-electron chi connectivity index (χ0n) is 11.7. The molecule has 96 valence electrons. The molecule has 17 heavy (non-hydrogen) atoms. The Hall–Kier alpha value is -1.02. The Balaban J connectivity index is 2.70. The maximum Gasteiger partial charge on any atom is 0.120 e. The Morgan fingerprint density at radius 2 is 1.94 bits per heavy atom. The van der Waals surface area contributed by atoms with Crippen molar-refractivity contribution in [2.75, 3.05) is 7.05 Å². The maximum absolute atomic E-state index is 5.99. The fourth-order valence-corrected chi connectivity index (χ4v) is 2.01. The summed E-state index contributed by atoms with van der Waals surface area (Å²) in [5.41, 5.74) is 1.33. The quantitative estimate of drug-likeness (QED) is 0.814. The van der Waals surface area contributed by atoms with Crippen LogP contribution in [-0.4, -0.2) is 19.2 Å². The SMILES string of the molecule is CCC(NC)C(C)Oc1cccc(C(C)C)c1. The van der Waals surface area contributed by atoms with Crippen molar-refractivity contribution >= 4 is 0 Å². The highest BCUT2D eigenvalue weighted by Gasteiger charge is 2.14. The molecule has 0 amide bonds. The summed E-state index contributed by atoms with van der Waals surface area (Å²) in [5, 5.41) is 3.28. The zero-order valence-corrected chi connectivity index (χ0v) is 11.7. The molecule has 0 saturated heterocycles. The van der Waals surface area contributed by atoms with Gasteiger partial charge in [0, 0.05) is 6.04 Å². The molecule has 2 heteroatoms. The van der Waals surface area contributed by atoms with E-state index >= 15 is 0 Å². The highest BCUT2D eigenvalue weighted by Crippen LogP contribution is 2.21. The number of hydrogen-bond acceptors (Lipinski definition) is 2. The molecule has 2 unspecified atom stereocenters. The fourth-order valence-electron chi connectivity index (χ4n) is 2.01. The topological polar surface area (TPSA) is 21.3 Å². The van der Waals surface area contributed by atoms with Crippen LogP contribution >= 0.6 is 0 Å². The molecule has 0 spiro atoms. The van der Waals surface area contributed by atoms with E-state index in [9.17, 15) is 0 Å². The average Bonchev–Trinajstić information content (AvgIpc) is 2.30. The molecule has 0 saturated carbocycles. The standard InChI is InChI=1S/C15H25NO/c1-6-15(16-5)12(4)17-14-9-7-8-13(10-14)11(2)3/h7-12,15-16H,6H2,1-5H3. The van der Waals surface area contributed by atoms with Crippen LogP contribution in [0.25, 0.3) is 0 Å². The number of rotatable bonds is 6. The molecule has 1 rings (SSSR count). The Morgan fingerprint density at radius 1 is 1.24 bits per heavy atom. The van der Waals surface area contributed by atoms with Crippen LogP contribution in [0, 0.1) is 0 Å². The van der Waals surface area contributed by atoms with Crippen LogP contribution in [0.2, 0.25) is 0 Å². The van der Waals surface area contributed by atoms with Crippen molar-refractivity contribution in [3.63, 3.8) is 0 Å². The van der Waals surface area contributed by atoms with E-state index < -0.39 is 0 Å². The van der Waals surface area contributed by atoms with E-state index in [1.165, 1.54) is 5.56 Å². The molecule has 1 aromatic carbocycles. The van der Waals surface area contributed by atoms with Crippen molar-refractivity contribution in [3.05, 3.63) is 29.8 Å². The molecule has 0 aliphatic heterocycles. The Labute approximate surface area is 105 Å². The van der Waals surface area contributed by atoms with Crippen LogP contribution in [-0.2, 0) is 0 Å². The Kier molecular flexibility index (Phi) is 5.49. The molecule has 0 aliphatic rings.